The maximum atomic E-state index is 12.3. The summed E-state index contributed by atoms with van der Waals surface area (Å²) in [7, 11) is -3.58. The zero-order valence-corrected chi connectivity index (χ0v) is 16.7. The highest BCUT2D eigenvalue weighted by Gasteiger charge is 2.15. The van der Waals surface area contributed by atoms with Gasteiger partial charge in [0.15, 0.2) is 0 Å². The van der Waals surface area contributed by atoms with E-state index >= 15 is 0 Å². The van der Waals surface area contributed by atoms with Crippen LogP contribution in [0.1, 0.15) is 31.1 Å². The molecule has 2 amide bonds. The van der Waals surface area contributed by atoms with Crippen molar-refractivity contribution in [2.45, 2.75) is 31.7 Å². The van der Waals surface area contributed by atoms with Gasteiger partial charge in [0.25, 0.3) is 5.91 Å². The van der Waals surface area contributed by atoms with E-state index < -0.39 is 16.1 Å². The quantitative estimate of drug-likeness (QED) is 0.655. The highest BCUT2D eigenvalue weighted by molar-refractivity contribution is 7.89. The summed E-state index contributed by atoms with van der Waals surface area (Å²) in [5.74, 6) is -0.362. The first-order valence-corrected chi connectivity index (χ1v) is 10.2. The van der Waals surface area contributed by atoms with Crippen molar-refractivity contribution >= 4 is 33.4 Å². The standard InChI is InChI=1S/C19H23N3O5S/c1-4-27-19(24)21-16-7-5-14(6-8-16)18(23)20-15-9-11-17(12-10-15)28(25,26)22-13(2)3/h5-13,22H,4H2,1-3H3,(H,20,23)(H,21,24). The van der Waals surface area contributed by atoms with Crippen LogP contribution in [0.5, 0.6) is 0 Å². The number of hydrogen-bond acceptors (Lipinski definition) is 5. The number of benzene rings is 2. The largest absolute Gasteiger partial charge is 0.450 e. The fraction of sp³-hybridized carbons (Fsp3) is 0.263. The Kier molecular flexibility index (Phi) is 7.13. The molecule has 0 fully saturated rings. The third kappa shape index (κ3) is 6.07. The number of carbonyl (C=O) groups excluding carboxylic acids is 2. The zero-order chi connectivity index (χ0) is 20.7. The molecule has 150 valence electrons. The van der Waals surface area contributed by atoms with E-state index in [9.17, 15) is 18.0 Å². The van der Waals surface area contributed by atoms with Gasteiger partial charge < -0.3 is 10.1 Å². The molecule has 0 atom stereocenters. The molecule has 0 aliphatic rings. The normalized spacial score (nSPS) is 11.1. The average Bonchev–Trinajstić information content (AvgIpc) is 2.62. The Bertz CT molecular complexity index is 923. The van der Waals surface area contributed by atoms with Gasteiger partial charge in [-0.1, -0.05) is 0 Å². The fourth-order valence-electron chi connectivity index (χ4n) is 2.29. The zero-order valence-electron chi connectivity index (χ0n) is 15.9. The van der Waals surface area contributed by atoms with E-state index in [4.69, 9.17) is 4.74 Å². The minimum Gasteiger partial charge on any atom is -0.450 e. The summed E-state index contributed by atoms with van der Waals surface area (Å²) in [5.41, 5.74) is 1.34. The van der Waals surface area contributed by atoms with Crippen molar-refractivity contribution < 1.29 is 22.7 Å². The molecule has 0 bridgehead atoms. The number of nitrogens with one attached hydrogen (secondary N) is 3. The highest BCUT2D eigenvalue weighted by atomic mass is 32.2. The molecule has 2 aromatic carbocycles. The topological polar surface area (TPSA) is 114 Å². The molecule has 3 N–H and O–H groups in total. The molecule has 0 radical (unpaired) electrons. The summed E-state index contributed by atoms with van der Waals surface area (Å²) in [6.45, 7) is 5.44. The second-order valence-corrected chi connectivity index (χ2v) is 7.89. The summed E-state index contributed by atoms with van der Waals surface area (Å²) >= 11 is 0. The number of ether oxygens (including phenoxy) is 1. The summed E-state index contributed by atoms with van der Waals surface area (Å²) in [5, 5.41) is 5.23. The lowest BCUT2D eigenvalue weighted by Gasteiger charge is -2.11. The number of sulfonamides is 1. The van der Waals surface area contributed by atoms with Crippen molar-refractivity contribution in [1.82, 2.24) is 4.72 Å². The summed E-state index contributed by atoms with van der Waals surface area (Å²) in [4.78, 5) is 23.8. The molecule has 0 heterocycles. The Morgan fingerprint density at radius 2 is 1.46 bits per heavy atom. The van der Waals surface area contributed by atoms with E-state index in [0.29, 0.717) is 16.9 Å². The van der Waals surface area contributed by atoms with Crippen molar-refractivity contribution in [1.29, 1.82) is 0 Å². The summed E-state index contributed by atoms with van der Waals surface area (Å²) < 4.78 is 31.5. The number of carbonyl (C=O) groups is 2. The van der Waals surface area contributed by atoms with Crippen LogP contribution in [0.2, 0.25) is 0 Å². The van der Waals surface area contributed by atoms with E-state index in [-0.39, 0.29) is 23.5 Å². The molecule has 0 saturated heterocycles. The molecule has 0 unspecified atom stereocenters. The molecule has 0 aliphatic carbocycles. The maximum absolute atomic E-state index is 12.3. The van der Waals surface area contributed by atoms with Crippen LogP contribution in [0.25, 0.3) is 0 Å². The van der Waals surface area contributed by atoms with E-state index in [1.165, 1.54) is 24.3 Å². The third-order valence-corrected chi connectivity index (χ3v) is 5.16. The van der Waals surface area contributed by atoms with E-state index in [1.807, 2.05) is 0 Å². The molecular weight excluding hydrogens is 382 g/mol. The fourth-order valence-corrected chi connectivity index (χ4v) is 3.54. The smallest absolute Gasteiger partial charge is 0.411 e. The predicted octanol–water partition coefficient (Wildman–Crippen LogP) is 3.19. The molecule has 0 spiro atoms. The molecule has 0 aliphatic heterocycles. The predicted molar refractivity (Wildman–Crippen MR) is 107 cm³/mol. The second kappa shape index (κ2) is 9.34. The Hall–Kier alpha value is -2.91. The van der Waals surface area contributed by atoms with E-state index in [0.717, 1.165) is 0 Å². The van der Waals surface area contributed by atoms with Crippen molar-refractivity contribution in [2.24, 2.45) is 0 Å². The van der Waals surface area contributed by atoms with Gasteiger partial charge in [0.05, 0.1) is 11.5 Å². The Balaban J connectivity index is 2.02. The Morgan fingerprint density at radius 1 is 0.929 bits per heavy atom. The van der Waals surface area contributed by atoms with Crippen LogP contribution >= 0.6 is 0 Å². The van der Waals surface area contributed by atoms with Crippen molar-refractivity contribution in [3.63, 3.8) is 0 Å². The first kappa shape index (κ1) is 21.4. The first-order valence-electron chi connectivity index (χ1n) is 8.69. The maximum Gasteiger partial charge on any atom is 0.411 e. The first-order chi connectivity index (χ1) is 13.2. The molecule has 0 aromatic heterocycles. The molecule has 0 saturated carbocycles. The molecule has 8 nitrogen and oxygen atoms in total. The van der Waals surface area contributed by atoms with Gasteiger partial charge in [0.2, 0.25) is 10.0 Å². The van der Waals surface area contributed by atoms with Crippen molar-refractivity contribution in [3.8, 4) is 0 Å². The van der Waals surface area contributed by atoms with Crippen LogP contribution in [0, 0.1) is 0 Å². The van der Waals surface area contributed by atoms with Crippen LogP contribution in [0.3, 0.4) is 0 Å². The van der Waals surface area contributed by atoms with Crippen LogP contribution in [-0.2, 0) is 14.8 Å². The van der Waals surface area contributed by atoms with Gasteiger partial charge in [-0.25, -0.2) is 17.9 Å². The molecule has 2 aromatic rings. The van der Waals surface area contributed by atoms with Gasteiger partial charge in [-0.15, -0.1) is 0 Å². The van der Waals surface area contributed by atoms with Crippen LogP contribution < -0.4 is 15.4 Å². The van der Waals surface area contributed by atoms with Gasteiger partial charge in [-0.3, -0.25) is 10.1 Å². The van der Waals surface area contributed by atoms with Gasteiger partial charge in [0, 0.05) is 23.0 Å². The SMILES string of the molecule is CCOC(=O)Nc1ccc(C(=O)Nc2ccc(S(=O)(=O)NC(C)C)cc2)cc1. The monoisotopic (exact) mass is 405 g/mol. The number of rotatable bonds is 7. The number of amides is 2. The van der Waals surface area contributed by atoms with E-state index in [2.05, 4.69) is 15.4 Å². The number of anilines is 2. The van der Waals surface area contributed by atoms with Crippen LogP contribution in [0.15, 0.2) is 53.4 Å². The summed E-state index contributed by atoms with van der Waals surface area (Å²) in [6, 6.07) is 11.9. The van der Waals surface area contributed by atoms with E-state index in [1.54, 1.807) is 45.0 Å². The lowest BCUT2D eigenvalue weighted by atomic mass is 10.2. The lowest BCUT2D eigenvalue weighted by molar-refractivity contribution is 0.102. The van der Waals surface area contributed by atoms with Gasteiger partial charge in [-0.2, -0.15) is 0 Å². The molecule has 28 heavy (non-hydrogen) atoms. The van der Waals surface area contributed by atoms with Gasteiger partial charge in [-0.05, 0) is 69.3 Å². The second-order valence-electron chi connectivity index (χ2n) is 6.18. The average molecular weight is 405 g/mol. The minimum absolute atomic E-state index is 0.119. The van der Waals surface area contributed by atoms with Crippen molar-refractivity contribution in [3.05, 3.63) is 54.1 Å². The Labute approximate surface area is 164 Å². The highest BCUT2D eigenvalue weighted by Crippen LogP contribution is 2.16. The third-order valence-electron chi connectivity index (χ3n) is 3.48. The van der Waals surface area contributed by atoms with Crippen LogP contribution in [-0.4, -0.2) is 33.1 Å². The van der Waals surface area contributed by atoms with Gasteiger partial charge in [0.1, 0.15) is 0 Å². The molecule has 2 rings (SSSR count). The van der Waals surface area contributed by atoms with Crippen LogP contribution in [0.4, 0.5) is 16.2 Å². The molecule has 9 heteroatoms. The Morgan fingerprint density at radius 3 is 2.00 bits per heavy atom. The lowest BCUT2D eigenvalue weighted by Crippen LogP contribution is -2.30. The summed E-state index contributed by atoms with van der Waals surface area (Å²) in [6.07, 6.45) is -0.568. The van der Waals surface area contributed by atoms with Crippen molar-refractivity contribution in [2.75, 3.05) is 17.2 Å². The number of hydrogen-bond donors (Lipinski definition) is 3. The minimum atomic E-state index is -3.58. The molecular formula is C19H23N3O5S. The van der Waals surface area contributed by atoms with Gasteiger partial charge >= 0.3 is 6.09 Å².